The minimum absolute atomic E-state index is 1.13. The van der Waals surface area contributed by atoms with Crippen LogP contribution in [0.1, 0.15) is 127 Å². The summed E-state index contributed by atoms with van der Waals surface area (Å²) in [6, 6.07) is 4.68. The Labute approximate surface area is 175 Å². The van der Waals surface area contributed by atoms with Crippen molar-refractivity contribution in [1.82, 2.24) is 0 Å². The lowest BCUT2D eigenvalue weighted by molar-refractivity contribution is 0.605. The summed E-state index contributed by atoms with van der Waals surface area (Å²) in [5, 5.41) is 0. The lowest BCUT2D eigenvalue weighted by Gasteiger charge is -2.12. The molecule has 0 bridgehead atoms. The second-order valence-electron chi connectivity index (χ2n) is 7.95. The number of aryl methyl sites for hydroxylation is 2. The van der Waals surface area contributed by atoms with Gasteiger partial charge in [-0.3, -0.25) is 0 Å². The SMILES string of the molecule is CC#Cc1cc(CCCCCCCC)c(C#CC)cc1CCCCCCCC. The summed E-state index contributed by atoms with van der Waals surface area (Å²) < 4.78 is 0. The highest BCUT2D eigenvalue weighted by atomic mass is 14.1. The van der Waals surface area contributed by atoms with E-state index in [0.29, 0.717) is 0 Å². The summed E-state index contributed by atoms with van der Waals surface area (Å²) in [4.78, 5) is 0. The molecule has 0 saturated carbocycles. The van der Waals surface area contributed by atoms with Crippen molar-refractivity contribution in [3.05, 3.63) is 34.4 Å². The topological polar surface area (TPSA) is 0 Å². The Morgan fingerprint density at radius 3 is 1.25 bits per heavy atom. The fraction of sp³-hybridized carbons (Fsp3) is 0.643. The van der Waals surface area contributed by atoms with E-state index in [1.165, 1.54) is 99.3 Å². The number of hydrogen-bond acceptors (Lipinski definition) is 0. The maximum absolute atomic E-state index is 3.37. The highest BCUT2D eigenvalue weighted by Crippen LogP contribution is 2.21. The number of rotatable bonds is 14. The molecule has 1 rings (SSSR count). The molecule has 0 saturated heterocycles. The first kappa shape index (κ1) is 24.4. The lowest BCUT2D eigenvalue weighted by atomic mass is 9.92. The summed E-state index contributed by atoms with van der Waals surface area (Å²) in [6.07, 6.45) is 18.3. The Balaban J connectivity index is 2.76. The minimum Gasteiger partial charge on any atom is -0.101 e. The van der Waals surface area contributed by atoms with Gasteiger partial charge in [-0.25, -0.2) is 0 Å². The summed E-state index contributed by atoms with van der Waals surface area (Å²) in [5.41, 5.74) is 5.26. The van der Waals surface area contributed by atoms with Crippen molar-refractivity contribution in [2.75, 3.05) is 0 Å². The second kappa shape index (κ2) is 16.3. The van der Waals surface area contributed by atoms with Crippen LogP contribution in [0.3, 0.4) is 0 Å². The zero-order valence-electron chi connectivity index (χ0n) is 19.1. The molecule has 0 amide bonds. The number of benzene rings is 1. The van der Waals surface area contributed by atoms with Gasteiger partial charge in [0.25, 0.3) is 0 Å². The highest BCUT2D eigenvalue weighted by Gasteiger charge is 2.08. The molecule has 0 unspecified atom stereocenters. The van der Waals surface area contributed by atoms with Crippen LogP contribution < -0.4 is 0 Å². The van der Waals surface area contributed by atoms with Crippen LogP contribution in [0.15, 0.2) is 12.1 Å². The van der Waals surface area contributed by atoms with Gasteiger partial charge in [-0.2, -0.15) is 0 Å². The number of unbranched alkanes of at least 4 members (excludes halogenated alkanes) is 10. The summed E-state index contributed by atoms with van der Waals surface area (Å²) >= 11 is 0. The third-order valence-electron chi connectivity index (χ3n) is 5.45. The molecule has 0 aromatic heterocycles. The van der Waals surface area contributed by atoms with Gasteiger partial charge in [0.2, 0.25) is 0 Å². The van der Waals surface area contributed by atoms with Gasteiger partial charge in [0.05, 0.1) is 0 Å². The zero-order chi connectivity index (χ0) is 20.5. The molecule has 0 atom stereocenters. The Morgan fingerprint density at radius 2 is 0.893 bits per heavy atom. The van der Waals surface area contributed by atoms with Gasteiger partial charge in [0.15, 0.2) is 0 Å². The normalized spacial score (nSPS) is 10.1. The van der Waals surface area contributed by atoms with Crippen molar-refractivity contribution in [2.45, 2.75) is 118 Å². The largest absolute Gasteiger partial charge is 0.101 e. The first-order valence-electron chi connectivity index (χ1n) is 11.8. The van der Waals surface area contributed by atoms with Crippen molar-refractivity contribution < 1.29 is 0 Å². The average molecular weight is 379 g/mol. The smallest absolute Gasteiger partial charge is 0.0280 e. The quantitative estimate of drug-likeness (QED) is 0.226. The highest BCUT2D eigenvalue weighted by molar-refractivity contribution is 5.52. The van der Waals surface area contributed by atoms with Crippen LogP contribution in [-0.4, -0.2) is 0 Å². The van der Waals surface area contributed by atoms with Crippen LogP contribution in [0.4, 0.5) is 0 Å². The van der Waals surface area contributed by atoms with Crippen molar-refractivity contribution in [3.63, 3.8) is 0 Å². The van der Waals surface area contributed by atoms with Gasteiger partial charge in [-0.15, -0.1) is 11.8 Å². The molecule has 0 heteroatoms. The molecule has 1 aromatic rings. The Hall–Kier alpha value is -1.66. The van der Waals surface area contributed by atoms with Crippen LogP contribution >= 0.6 is 0 Å². The molecule has 28 heavy (non-hydrogen) atoms. The maximum atomic E-state index is 3.37. The van der Waals surface area contributed by atoms with E-state index < -0.39 is 0 Å². The predicted octanol–water partition coefficient (Wildman–Crippen LogP) is 8.24. The van der Waals surface area contributed by atoms with Crippen molar-refractivity contribution in [3.8, 4) is 23.7 Å². The van der Waals surface area contributed by atoms with E-state index >= 15 is 0 Å². The molecule has 0 spiro atoms. The van der Waals surface area contributed by atoms with Crippen molar-refractivity contribution in [2.24, 2.45) is 0 Å². The van der Waals surface area contributed by atoms with E-state index in [2.05, 4.69) is 49.7 Å². The molecule has 154 valence electrons. The molecular weight excluding hydrogens is 336 g/mol. The average Bonchev–Trinajstić information content (AvgIpc) is 2.70. The molecule has 0 fully saturated rings. The van der Waals surface area contributed by atoms with Crippen LogP contribution in [0.5, 0.6) is 0 Å². The standard InChI is InChI=1S/C28H42/c1-5-9-11-13-15-17-21-27-23-26(20-8-4)28(24-25(27)19-7-3)22-18-16-14-12-10-6-2/h23-24H,5-6,9-18,21-22H2,1-4H3. The Kier molecular flexibility index (Phi) is 14.2. The molecule has 0 aliphatic carbocycles. The maximum Gasteiger partial charge on any atom is 0.0280 e. The monoisotopic (exact) mass is 378 g/mol. The summed E-state index contributed by atoms with van der Waals surface area (Å²) in [7, 11) is 0. The van der Waals surface area contributed by atoms with E-state index in [9.17, 15) is 0 Å². The molecule has 0 radical (unpaired) electrons. The van der Waals surface area contributed by atoms with Crippen LogP contribution in [-0.2, 0) is 12.8 Å². The molecule has 0 N–H and O–H groups in total. The van der Waals surface area contributed by atoms with Gasteiger partial charge in [-0.1, -0.05) is 89.9 Å². The van der Waals surface area contributed by atoms with E-state index in [4.69, 9.17) is 0 Å². The molecule has 0 heterocycles. The van der Waals surface area contributed by atoms with Crippen LogP contribution in [0.25, 0.3) is 0 Å². The third-order valence-corrected chi connectivity index (χ3v) is 5.45. The molecular formula is C28H42. The van der Waals surface area contributed by atoms with E-state index in [-0.39, 0.29) is 0 Å². The van der Waals surface area contributed by atoms with E-state index in [1.807, 2.05) is 13.8 Å². The molecule has 0 nitrogen and oxygen atoms in total. The summed E-state index contributed by atoms with van der Waals surface area (Å²) in [5.74, 6) is 13.0. The fourth-order valence-electron chi connectivity index (χ4n) is 3.80. The van der Waals surface area contributed by atoms with Gasteiger partial charge < -0.3 is 0 Å². The third kappa shape index (κ3) is 10.0. The Bertz CT molecular complexity index is 597. The van der Waals surface area contributed by atoms with Gasteiger partial charge in [0, 0.05) is 11.1 Å². The second-order valence-corrected chi connectivity index (χ2v) is 7.95. The van der Waals surface area contributed by atoms with Gasteiger partial charge in [-0.05, 0) is 62.8 Å². The lowest BCUT2D eigenvalue weighted by Crippen LogP contribution is -1.99. The fourth-order valence-corrected chi connectivity index (χ4v) is 3.80. The van der Waals surface area contributed by atoms with Crippen molar-refractivity contribution >= 4 is 0 Å². The van der Waals surface area contributed by atoms with E-state index in [1.54, 1.807) is 0 Å². The molecule has 1 aromatic carbocycles. The predicted molar refractivity (Wildman–Crippen MR) is 126 cm³/mol. The summed E-state index contributed by atoms with van der Waals surface area (Å²) in [6.45, 7) is 8.45. The first-order chi connectivity index (χ1) is 13.8. The molecule has 0 aliphatic heterocycles. The number of hydrogen-bond donors (Lipinski definition) is 0. The zero-order valence-corrected chi connectivity index (χ0v) is 19.1. The molecule has 0 aliphatic rings. The van der Waals surface area contributed by atoms with Gasteiger partial charge >= 0.3 is 0 Å². The van der Waals surface area contributed by atoms with Crippen molar-refractivity contribution in [1.29, 1.82) is 0 Å². The minimum atomic E-state index is 1.13. The van der Waals surface area contributed by atoms with E-state index in [0.717, 1.165) is 12.8 Å². The van der Waals surface area contributed by atoms with Gasteiger partial charge in [0.1, 0.15) is 0 Å². The first-order valence-corrected chi connectivity index (χ1v) is 11.8. The van der Waals surface area contributed by atoms with Crippen LogP contribution in [0.2, 0.25) is 0 Å². The Morgan fingerprint density at radius 1 is 0.536 bits per heavy atom. The van der Waals surface area contributed by atoms with Crippen LogP contribution in [0, 0.1) is 23.7 Å².